The monoisotopic (exact) mass is 257 g/mol. The maximum absolute atomic E-state index is 5.61. The van der Waals surface area contributed by atoms with E-state index in [0.717, 1.165) is 25.1 Å². The number of rotatable bonds is 6. The lowest BCUT2D eigenvalue weighted by Crippen LogP contribution is -2.06. The minimum absolute atomic E-state index is 0.686. The molecule has 102 valence electrons. The van der Waals surface area contributed by atoms with Gasteiger partial charge in [-0.15, -0.1) is 0 Å². The Morgan fingerprint density at radius 2 is 1.79 bits per heavy atom. The molecule has 0 radical (unpaired) electrons. The van der Waals surface area contributed by atoms with Crippen molar-refractivity contribution in [3.63, 3.8) is 0 Å². The van der Waals surface area contributed by atoms with E-state index in [-0.39, 0.29) is 0 Å². The van der Waals surface area contributed by atoms with Gasteiger partial charge in [0, 0.05) is 5.39 Å². The molecule has 2 N–H and O–H groups in total. The van der Waals surface area contributed by atoms with Gasteiger partial charge >= 0.3 is 0 Å². The summed E-state index contributed by atoms with van der Waals surface area (Å²) in [6.45, 7) is 3.06. The third kappa shape index (κ3) is 3.27. The summed E-state index contributed by atoms with van der Waals surface area (Å²) in [5.41, 5.74) is 7.01. The predicted octanol–water partition coefficient (Wildman–Crippen LogP) is 3.77. The fraction of sp³-hybridized carbons (Fsp3) is 0.412. The van der Waals surface area contributed by atoms with Crippen LogP contribution < -0.4 is 10.5 Å². The first kappa shape index (κ1) is 13.9. The Balaban J connectivity index is 2.24. The summed E-state index contributed by atoms with van der Waals surface area (Å²) >= 11 is 0. The van der Waals surface area contributed by atoms with Crippen LogP contribution in [-0.4, -0.2) is 13.7 Å². The molecule has 2 rings (SSSR count). The van der Waals surface area contributed by atoms with Crippen molar-refractivity contribution in [3.8, 4) is 5.75 Å². The molecule has 0 aliphatic carbocycles. The van der Waals surface area contributed by atoms with Gasteiger partial charge in [0.2, 0.25) is 0 Å². The second-order valence-electron chi connectivity index (χ2n) is 5.19. The molecular formula is C17H23NO. The smallest absolute Gasteiger partial charge is 0.126 e. The highest BCUT2D eigenvalue weighted by Gasteiger charge is 2.07. The number of methoxy groups -OCH3 is 1. The molecule has 0 spiro atoms. The Labute approximate surface area is 115 Å². The highest BCUT2D eigenvalue weighted by molar-refractivity contribution is 5.91. The molecule has 19 heavy (non-hydrogen) atoms. The summed E-state index contributed by atoms with van der Waals surface area (Å²) in [4.78, 5) is 0. The summed E-state index contributed by atoms with van der Waals surface area (Å²) in [6, 6.07) is 12.7. The van der Waals surface area contributed by atoms with E-state index in [4.69, 9.17) is 10.5 Å². The number of aryl methyl sites for hydroxylation is 1. The molecule has 2 aromatic carbocycles. The molecule has 0 fully saturated rings. The van der Waals surface area contributed by atoms with Crippen LogP contribution in [0, 0.1) is 5.92 Å². The normalized spacial score (nSPS) is 12.6. The van der Waals surface area contributed by atoms with Gasteiger partial charge in [0.15, 0.2) is 0 Å². The second-order valence-corrected chi connectivity index (χ2v) is 5.19. The van der Waals surface area contributed by atoms with Gasteiger partial charge in [0.25, 0.3) is 0 Å². The van der Waals surface area contributed by atoms with Gasteiger partial charge in [0.1, 0.15) is 5.75 Å². The van der Waals surface area contributed by atoms with Crippen LogP contribution in [0.15, 0.2) is 36.4 Å². The van der Waals surface area contributed by atoms with E-state index < -0.39 is 0 Å². The third-order valence-corrected chi connectivity index (χ3v) is 3.76. The first-order chi connectivity index (χ1) is 9.26. The fourth-order valence-electron chi connectivity index (χ4n) is 2.56. The fourth-order valence-corrected chi connectivity index (χ4v) is 2.56. The average Bonchev–Trinajstić information content (AvgIpc) is 2.45. The minimum Gasteiger partial charge on any atom is -0.496 e. The lowest BCUT2D eigenvalue weighted by atomic mass is 9.95. The van der Waals surface area contributed by atoms with Crippen molar-refractivity contribution in [2.75, 3.05) is 13.7 Å². The van der Waals surface area contributed by atoms with Crippen LogP contribution in [0.2, 0.25) is 0 Å². The lowest BCUT2D eigenvalue weighted by Gasteiger charge is -2.13. The highest BCUT2D eigenvalue weighted by atomic mass is 16.5. The molecule has 2 aromatic rings. The van der Waals surface area contributed by atoms with Crippen molar-refractivity contribution in [1.29, 1.82) is 0 Å². The number of hydrogen-bond donors (Lipinski definition) is 1. The summed E-state index contributed by atoms with van der Waals surface area (Å²) < 4.78 is 5.43. The average molecular weight is 257 g/mol. The van der Waals surface area contributed by atoms with Crippen molar-refractivity contribution in [3.05, 3.63) is 42.0 Å². The topological polar surface area (TPSA) is 35.2 Å². The summed E-state index contributed by atoms with van der Waals surface area (Å²) in [6.07, 6.45) is 3.40. The molecule has 0 bridgehead atoms. The summed E-state index contributed by atoms with van der Waals surface area (Å²) in [5.74, 6) is 1.64. The van der Waals surface area contributed by atoms with Crippen LogP contribution in [-0.2, 0) is 6.42 Å². The van der Waals surface area contributed by atoms with E-state index in [1.807, 2.05) is 0 Å². The highest BCUT2D eigenvalue weighted by Crippen LogP contribution is 2.29. The zero-order chi connectivity index (χ0) is 13.7. The van der Waals surface area contributed by atoms with Gasteiger partial charge in [-0.05, 0) is 48.7 Å². The Kier molecular flexibility index (Phi) is 4.80. The summed E-state index contributed by atoms with van der Waals surface area (Å²) in [7, 11) is 1.73. The van der Waals surface area contributed by atoms with E-state index >= 15 is 0 Å². The number of benzene rings is 2. The SMILES string of the molecule is COc1ccc(CCC(C)CCN)c2ccccc12. The summed E-state index contributed by atoms with van der Waals surface area (Å²) in [5, 5.41) is 2.51. The molecule has 2 nitrogen and oxygen atoms in total. The molecule has 0 aliphatic heterocycles. The van der Waals surface area contributed by atoms with Crippen molar-refractivity contribution >= 4 is 10.8 Å². The van der Waals surface area contributed by atoms with Crippen LogP contribution in [0.5, 0.6) is 5.75 Å². The van der Waals surface area contributed by atoms with E-state index in [1.54, 1.807) is 7.11 Å². The van der Waals surface area contributed by atoms with Crippen molar-refractivity contribution in [1.82, 2.24) is 0 Å². The molecule has 2 heteroatoms. The quantitative estimate of drug-likeness (QED) is 0.855. The molecule has 0 saturated carbocycles. The largest absolute Gasteiger partial charge is 0.496 e. The second kappa shape index (κ2) is 6.58. The zero-order valence-corrected chi connectivity index (χ0v) is 11.9. The standard InChI is InChI=1S/C17H23NO/c1-13(11-12-18)7-8-14-9-10-17(19-2)16-6-4-3-5-15(14)16/h3-6,9-10,13H,7-8,11-12,18H2,1-2H3. The molecule has 0 aliphatic rings. The number of fused-ring (bicyclic) bond motifs is 1. The first-order valence-corrected chi connectivity index (χ1v) is 7.01. The maximum atomic E-state index is 5.61. The van der Waals surface area contributed by atoms with Crippen molar-refractivity contribution < 1.29 is 4.74 Å². The molecule has 0 amide bonds. The number of hydrogen-bond acceptors (Lipinski definition) is 2. The van der Waals surface area contributed by atoms with Gasteiger partial charge in [-0.2, -0.15) is 0 Å². The lowest BCUT2D eigenvalue weighted by molar-refractivity contribution is 0.419. The molecule has 0 aromatic heterocycles. The van der Waals surface area contributed by atoms with Crippen molar-refractivity contribution in [2.45, 2.75) is 26.2 Å². The predicted molar refractivity (Wildman–Crippen MR) is 81.7 cm³/mol. The van der Waals surface area contributed by atoms with E-state index in [1.165, 1.54) is 22.8 Å². The van der Waals surface area contributed by atoms with Crippen molar-refractivity contribution in [2.24, 2.45) is 11.7 Å². The molecule has 1 unspecified atom stereocenters. The molecule has 1 atom stereocenters. The molecule has 0 heterocycles. The Hall–Kier alpha value is -1.54. The maximum Gasteiger partial charge on any atom is 0.126 e. The van der Waals surface area contributed by atoms with Crippen LogP contribution in [0.25, 0.3) is 10.8 Å². The van der Waals surface area contributed by atoms with Crippen LogP contribution in [0.4, 0.5) is 0 Å². The Bertz CT molecular complexity index is 536. The van der Waals surface area contributed by atoms with E-state index in [2.05, 4.69) is 43.3 Å². The Morgan fingerprint density at radius 3 is 2.47 bits per heavy atom. The third-order valence-electron chi connectivity index (χ3n) is 3.76. The van der Waals surface area contributed by atoms with Gasteiger partial charge in [-0.25, -0.2) is 0 Å². The van der Waals surface area contributed by atoms with E-state index in [9.17, 15) is 0 Å². The van der Waals surface area contributed by atoms with Gasteiger partial charge < -0.3 is 10.5 Å². The minimum atomic E-state index is 0.686. The first-order valence-electron chi connectivity index (χ1n) is 7.01. The van der Waals surface area contributed by atoms with E-state index in [0.29, 0.717) is 5.92 Å². The van der Waals surface area contributed by atoms with Crippen LogP contribution >= 0.6 is 0 Å². The number of nitrogens with two attached hydrogens (primary N) is 1. The molecular weight excluding hydrogens is 234 g/mol. The number of ether oxygens (including phenoxy) is 1. The van der Waals surface area contributed by atoms with Crippen LogP contribution in [0.1, 0.15) is 25.3 Å². The Morgan fingerprint density at radius 1 is 1.05 bits per heavy atom. The molecule has 0 saturated heterocycles. The van der Waals surface area contributed by atoms with Gasteiger partial charge in [0.05, 0.1) is 7.11 Å². The van der Waals surface area contributed by atoms with Gasteiger partial charge in [-0.1, -0.05) is 37.3 Å². The zero-order valence-electron chi connectivity index (χ0n) is 11.9. The van der Waals surface area contributed by atoms with Crippen LogP contribution in [0.3, 0.4) is 0 Å². The van der Waals surface area contributed by atoms with Gasteiger partial charge in [-0.3, -0.25) is 0 Å².